The second kappa shape index (κ2) is 9.72. The summed E-state index contributed by atoms with van der Waals surface area (Å²) in [5.74, 6) is -0.335. The highest BCUT2D eigenvalue weighted by Gasteiger charge is 2.29. The van der Waals surface area contributed by atoms with Gasteiger partial charge < -0.3 is 15.4 Å². The van der Waals surface area contributed by atoms with Crippen LogP contribution in [0.25, 0.3) is 6.08 Å². The molecule has 0 aliphatic carbocycles. The number of rotatable bonds is 7. The zero-order valence-corrected chi connectivity index (χ0v) is 18.0. The van der Waals surface area contributed by atoms with E-state index in [1.54, 1.807) is 29.1 Å². The molecule has 0 fully saturated rings. The van der Waals surface area contributed by atoms with Crippen LogP contribution in [0.2, 0.25) is 0 Å². The SMILES string of the molecule is Cn1nc2c(c1C(=O)NCc1ccccc1)CC(CNC(=O)/C=C/c1cccs1)OC2. The van der Waals surface area contributed by atoms with Crippen molar-refractivity contribution in [2.24, 2.45) is 7.05 Å². The highest BCUT2D eigenvalue weighted by molar-refractivity contribution is 7.10. The molecule has 4 rings (SSSR count). The normalized spacial score (nSPS) is 15.6. The van der Waals surface area contributed by atoms with Crippen molar-refractivity contribution in [2.45, 2.75) is 25.7 Å². The van der Waals surface area contributed by atoms with Crippen LogP contribution in [0.15, 0.2) is 53.9 Å². The third-order valence-electron chi connectivity index (χ3n) is 5.07. The summed E-state index contributed by atoms with van der Waals surface area (Å²) >= 11 is 1.57. The van der Waals surface area contributed by atoms with Crippen LogP contribution in [0.5, 0.6) is 0 Å². The summed E-state index contributed by atoms with van der Waals surface area (Å²) in [7, 11) is 1.77. The lowest BCUT2D eigenvalue weighted by molar-refractivity contribution is -0.117. The van der Waals surface area contributed by atoms with Gasteiger partial charge in [0.25, 0.3) is 5.91 Å². The first kappa shape index (κ1) is 21.0. The molecular formula is C23H24N4O3S. The Hall–Kier alpha value is -3.23. The summed E-state index contributed by atoms with van der Waals surface area (Å²) in [6.07, 6.45) is 3.62. The second-order valence-electron chi connectivity index (χ2n) is 7.30. The minimum absolute atomic E-state index is 0.163. The van der Waals surface area contributed by atoms with Crippen molar-refractivity contribution in [3.05, 3.63) is 81.3 Å². The summed E-state index contributed by atoms with van der Waals surface area (Å²) < 4.78 is 7.45. The Morgan fingerprint density at radius 3 is 2.84 bits per heavy atom. The van der Waals surface area contributed by atoms with Crippen LogP contribution in [-0.2, 0) is 36.2 Å². The zero-order valence-electron chi connectivity index (χ0n) is 17.2. The van der Waals surface area contributed by atoms with E-state index in [4.69, 9.17) is 4.74 Å². The summed E-state index contributed by atoms with van der Waals surface area (Å²) in [5.41, 5.74) is 3.23. The third kappa shape index (κ3) is 5.28. The number of fused-ring (bicyclic) bond motifs is 1. The molecule has 0 saturated heterocycles. The molecule has 2 amide bonds. The number of carbonyl (C=O) groups excluding carboxylic acids is 2. The van der Waals surface area contributed by atoms with Gasteiger partial charge in [0.15, 0.2) is 0 Å². The summed E-state index contributed by atoms with van der Waals surface area (Å²) in [4.78, 5) is 26.0. The Balaban J connectivity index is 1.36. The largest absolute Gasteiger partial charge is 0.370 e. The molecule has 1 aliphatic rings. The van der Waals surface area contributed by atoms with Crippen LogP contribution in [-0.4, -0.2) is 34.2 Å². The number of hydrogen-bond donors (Lipinski definition) is 2. The standard InChI is InChI=1S/C23H24N4O3S/c1-27-22(23(29)25-13-16-6-3-2-4-7-16)19-12-17(30-15-20(19)26-27)14-24-21(28)10-9-18-8-5-11-31-18/h2-11,17H,12-15H2,1H3,(H,24,28)(H,25,29)/b10-9+. The van der Waals surface area contributed by atoms with Crippen LogP contribution in [0.1, 0.15) is 32.2 Å². The Bertz CT molecular complexity index is 1070. The number of hydrogen-bond acceptors (Lipinski definition) is 5. The molecule has 2 N–H and O–H groups in total. The number of amides is 2. The van der Waals surface area contributed by atoms with Gasteiger partial charge >= 0.3 is 0 Å². The van der Waals surface area contributed by atoms with Gasteiger partial charge in [0, 0.05) is 43.1 Å². The fourth-order valence-electron chi connectivity index (χ4n) is 3.53. The van der Waals surface area contributed by atoms with Crippen molar-refractivity contribution < 1.29 is 14.3 Å². The van der Waals surface area contributed by atoms with Crippen molar-refractivity contribution >= 4 is 29.2 Å². The summed E-state index contributed by atoms with van der Waals surface area (Å²) in [6, 6.07) is 13.7. The van der Waals surface area contributed by atoms with Crippen molar-refractivity contribution in [1.29, 1.82) is 0 Å². The number of thiophene rings is 1. The van der Waals surface area contributed by atoms with E-state index < -0.39 is 0 Å². The first-order chi connectivity index (χ1) is 15.1. The van der Waals surface area contributed by atoms with Crippen molar-refractivity contribution in [1.82, 2.24) is 20.4 Å². The molecule has 7 nitrogen and oxygen atoms in total. The topological polar surface area (TPSA) is 85.3 Å². The molecule has 31 heavy (non-hydrogen) atoms. The van der Waals surface area contributed by atoms with Crippen molar-refractivity contribution in [3.63, 3.8) is 0 Å². The van der Waals surface area contributed by atoms with Gasteiger partial charge in [0.2, 0.25) is 5.91 Å². The van der Waals surface area contributed by atoms with Crippen LogP contribution >= 0.6 is 11.3 Å². The van der Waals surface area contributed by atoms with Gasteiger partial charge in [-0.05, 0) is 23.1 Å². The molecular weight excluding hydrogens is 412 g/mol. The van der Waals surface area contributed by atoms with Crippen LogP contribution in [0, 0.1) is 0 Å². The van der Waals surface area contributed by atoms with Gasteiger partial charge in [0.1, 0.15) is 5.69 Å². The molecule has 0 bridgehead atoms. The molecule has 1 unspecified atom stereocenters. The van der Waals surface area contributed by atoms with Gasteiger partial charge in [-0.25, -0.2) is 0 Å². The fourth-order valence-corrected chi connectivity index (χ4v) is 4.15. The lowest BCUT2D eigenvalue weighted by Gasteiger charge is -2.23. The summed E-state index contributed by atoms with van der Waals surface area (Å²) in [5, 5.41) is 12.3. The Kier molecular flexibility index (Phi) is 6.59. The highest BCUT2D eigenvalue weighted by atomic mass is 32.1. The number of nitrogens with zero attached hydrogens (tertiary/aromatic N) is 2. The van der Waals surface area contributed by atoms with Crippen molar-refractivity contribution in [2.75, 3.05) is 6.54 Å². The van der Waals surface area contributed by atoms with Gasteiger partial charge in [-0.3, -0.25) is 14.3 Å². The monoisotopic (exact) mass is 436 g/mol. The van der Waals surface area contributed by atoms with E-state index in [0.717, 1.165) is 21.7 Å². The van der Waals surface area contributed by atoms with Crippen LogP contribution < -0.4 is 10.6 Å². The fraction of sp³-hybridized carbons (Fsp3) is 0.261. The molecule has 1 aromatic carbocycles. The highest BCUT2D eigenvalue weighted by Crippen LogP contribution is 2.23. The van der Waals surface area contributed by atoms with E-state index in [9.17, 15) is 9.59 Å². The Labute approximate surface area is 184 Å². The van der Waals surface area contributed by atoms with Gasteiger partial charge in [0.05, 0.1) is 18.4 Å². The molecule has 160 valence electrons. The number of aryl methyl sites for hydroxylation is 1. The smallest absolute Gasteiger partial charge is 0.270 e. The Morgan fingerprint density at radius 1 is 1.23 bits per heavy atom. The molecule has 2 aromatic heterocycles. The van der Waals surface area contributed by atoms with Gasteiger partial charge in [-0.1, -0.05) is 36.4 Å². The average Bonchev–Trinajstić information content (AvgIpc) is 3.42. The number of aromatic nitrogens is 2. The van der Waals surface area contributed by atoms with E-state index in [-0.39, 0.29) is 17.9 Å². The van der Waals surface area contributed by atoms with Crippen LogP contribution in [0.3, 0.4) is 0 Å². The van der Waals surface area contributed by atoms with Gasteiger partial charge in [-0.2, -0.15) is 5.10 Å². The molecule has 8 heteroatoms. The minimum Gasteiger partial charge on any atom is -0.370 e. The van der Waals surface area contributed by atoms with Crippen molar-refractivity contribution in [3.8, 4) is 0 Å². The molecule has 1 aliphatic heterocycles. The van der Waals surface area contributed by atoms with E-state index >= 15 is 0 Å². The molecule has 3 heterocycles. The van der Waals surface area contributed by atoms with E-state index in [2.05, 4.69) is 15.7 Å². The van der Waals surface area contributed by atoms with Crippen LogP contribution in [0.4, 0.5) is 0 Å². The van der Waals surface area contributed by atoms with E-state index in [0.29, 0.717) is 31.8 Å². The van der Waals surface area contributed by atoms with Gasteiger partial charge in [-0.15, -0.1) is 11.3 Å². The summed E-state index contributed by atoms with van der Waals surface area (Å²) in [6.45, 7) is 1.14. The van der Waals surface area contributed by atoms with E-state index in [1.807, 2.05) is 47.8 Å². The number of ether oxygens (including phenoxy) is 1. The predicted octanol–water partition coefficient (Wildman–Crippen LogP) is 2.68. The number of benzene rings is 1. The zero-order chi connectivity index (χ0) is 21.6. The molecule has 1 atom stereocenters. The number of carbonyl (C=O) groups is 2. The maximum atomic E-state index is 12.9. The lowest BCUT2D eigenvalue weighted by atomic mass is 10.0. The van der Waals surface area contributed by atoms with E-state index in [1.165, 1.54) is 6.08 Å². The minimum atomic E-state index is -0.212. The predicted molar refractivity (Wildman–Crippen MR) is 119 cm³/mol. The molecule has 0 radical (unpaired) electrons. The lowest BCUT2D eigenvalue weighted by Crippen LogP contribution is -2.36. The molecule has 0 saturated carbocycles. The number of nitrogens with one attached hydrogen (secondary N) is 2. The average molecular weight is 437 g/mol. The first-order valence-corrected chi connectivity index (χ1v) is 11.0. The Morgan fingerprint density at radius 2 is 2.06 bits per heavy atom. The molecule has 0 spiro atoms. The second-order valence-corrected chi connectivity index (χ2v) is 8.28. The first-order valence-electron chi connectivity index (χ1n) is 10.1. The quantitative estimate of drug-likeness (QED) is 0.558. The maximum Gasteiger partial charge on any atom is 0.270 e. The third-order valence-corrected chi connectivity index (χ3v) is 5.91. The molecule has 3 aromatic rings. The maximum absolute atomic E-state index is 12.9.